The summed E-state index contributed by atoms with van der Waals surface area (Å²) in [7, 11) is 1.38. The van der Waals surface area contributed by atoms with Crippen LogP contribution in [0.15, 0.2) is 0 Å². The van der Waals surface area contributed by atoms with Crippen molar-refractivity contribution in [1.29, 1.82) is 0 Å². The minimum absolute atomic E-state index is 0.0778. The molecule has 2 fully saturated rings. The van der Waals surface area contributed by atoms with Gasteiger partial charge in [0.2, 0.25) is 0 Å². The molecular weight excluding hydrogens is 194 g/mol. The molecule has 4 nitrogen and oxygen atoms in total. The number of likely N-dealkylation sites (tertiary alicyclic amines) is 1. The Morgan fingerprint density at radius 2 is 2.27 bits per heavy atom. The fourth-order valence-corrected chi connectivity index (χ4v) is 2.99. The molecule has 0 bridgehead atoms. The van der Waals surface area contributed by atoms with E-state index in [9.17, 15) is 9.59 Å². The molecule has 15 heavy (non-hydrogen) atoms. The lowest BCUT2D eigenvalue weighted by Gasteiger charge is -2.26. The molecule has 0 aromatic heterocycles. The second-order valence-corrected chi connectivity index (χ2v) is 4.31. The van der Waals surface area contributed by atoms with Gasteiger partial charge in [0.1, 0.15) is 0 Å². The Labute approximate surface area is 89.6 Å². The van der Waals surface area contributed by atoms with Gasteiger partial charge in [0.25, 0.3) is 0 Å². The lowest BCUT2D eigenvalue weighted by Crippen LogP contribution is -2.42. The Kier molecular flexibility index (Phi) is 2.67. The molecule has 1 aliphatic carbocycles. The summed E-state index contributed by atoms with van der Waals surface area (Å²) in [6.07, 6.45) is 3.28. The van der Waals surface area contributed by atoms with Crippen molar-refractivity contribution in [2.75, 3.05) is 7.11 Å². The van der Waals surface area contributed by atoms with Crippen molar-refractivity contribution >= 4 is 11.9 Å². The van der Waals surface area contributed by atoms with Crippen molar-refractivity contribution in [2.45, 2.75) is 44.7 Å². The first kappa shape index (κ1) is 10.5. The number of fused-ring (bicyclic) bond motifs is 1. The van der Waals surface area contributed by atoms with Gasteiger partial charge in [0.15, 0.2) is 5.78 Å². The molecule has 3 atom stereocenters. The van der Waals surface area contributed by atoms with Crippen molar-refractivity contribution in [3.05, 3.63) is 0 Å². The standard InChI is InChI=1S/C11H17NO3/c1-3-8-10(13)7-5-4-6-9(7)12(8)11(14)15-2/h7-9H,3-6H2,1-2H3/t7-,8-,9+/m0/s1. The maximum atomic E-state index is 12.0. The summed E-state index contributed by atoms with van der Waals surface area (Å²) >= 11 is 0. The molecular formula is C11H17NO3. The van der Waals surface area contributed by atoms with Gasteiger partial charge >= 0.3 is 6.09 Å². The largest absolute Gasteiger partial charge is 0.453 e. The van der Waals surface area contributed by atoms with E-state index in [0.717, 1.165) is 19.3 Å². The number of nitrogens with zero attached hydrogens (tertiary/aromatic N) is 1. The van der Waals surface area contributed by atoms with Gasteiger partial charge in [-0.3, -0.25) is 9.69 Å². The highest BCUT2D eigenvalue weighted by atomic mass is 16.5. The van der Waals surface area contributed by atoms with E-state index in [0.29, 0.717) is 6.42 Å². The lowest BCUT2D eigenvalue weighted by atomic mass is 9.99. The van der Waals surface area contributed by atoms with Gasteiger partial charge in [0.05, 0.1) is 13.2 Å². The van der Waals surface area contributed by atoms with Crippen molar-refractivity contribution < 1.29 is 14.3 Å². The summed E-state index contributed by atoms with van der Waals surface area (Å²) in [5.41, 5.74) is 0. The van der Waals surface area contributed by atoms with Gasteiger partial charge in [0, 0.05) is 12.0 Å². The summed E-state index contributed by atoms with van der Waals surface area (Å²) in [4.78, 5) is 25.3. The van der Waals surface area contributed by atoms with E-state index in [4.69, 9.17) is 4.74 Å². The Balaban J connectivity index is 2.25. The topological polar surface area (TPSA) is 46.6 Å². The molecule has 0 aromatic rings. The number of methoxy groups -OCH3 is 1. The summed E-state index contributed by atoms with van der Waals surface area (Å²) in [6, 6.07) is -0.136. The SMILES string of the molecule is CC[C@H]1C(=O)[C@H]2CCC[C@H]2N1C(=O)OC. The number of amides is 1. The molecule has 84 valence electrons. The first-order chi connectivity index (χ1) is 7.20. The number of ketones is 1. The highest BCUT2D eigenvalue weighted by molar-refractivity contribution is 5.93. The van der Waals surface area contributed by atoms with Crippen LogP contribution < -0.4 is 0 Å². The summed E-state index contributed by atoms with van der Waals surface area (Å²) < 4.78 is 4.76. The Morgan fingerprint density at radius 3 is 2.87 bits per heavy atom. The summed E-state index contributed by atoms with van der Waals surface area (Å²) in [6.45, 7) is 1.94. The Bertz CT molecular complexity index is 290. The third-order valence-corrected chi connectivity index (χ3v) is 3.64. The van der Waals surface area contributed by atoms with E-state index >= 15 is 0 Å². The zero-order valence-electron chi connectivity index (χ0n) is 9.23. The lowest BCUT2D eigenvalue weighted by molar-refractivity contribution is -0.122. The predicted molar refractivity (Wildman–Crippen MR) is 54.5 cm³/mol. The van der Waals surface area contributed by atoms with Crippen molar-refractivity contribution in [1.82, 2.24) is 4.90 Å². The fraction of sp³-hybridized carbons (Fsp3) is 0.818. The van der Waals surface area contributed by atoms with E-state index in [2.05, 4.69) is 0 Å². The molecule has 0 unspecified atom stereocenters. The molecule has 2 rings (SSSR count). The highest BCUT2D eigenvalue weighted by Crippen LogP contribution is 2.40. The van der Waals surface area contributed by atoms with Crippen LogP contribution in [0.4, 0.5) is 4.79 Å². The molecule has 0 radical (unpaired) electrons. The fourth-order valence-electron chi connectivity index (χ4n) is 2.99. The van der Waals surface area contributed by atoms with Crippen LogP contribution in [0, 0.1) is 5.92 Å². The minimum atomic E-state index is -0.343. The number of hydrogen-bond donors (Lipinski definition) is 0. The molecule has 2 aliphatic rings. The molecule has 1 amide bonds. The Morgan fingerprint density at radius 1 is 1.53 bits per heavy atom. The third-order valence-electron chi connectivity index (χ3n) is 3.64. The van der Waals surface area contributed by atoms with Crippen LogP contribution in [0.25, 0.3) is 0 Å². The van der Waals surface area contributed by atoms with Crippen molar-refractivity contribution in [3.8, 4) is 0 Å². The summed E-state index contributed by atoms with van der Waals surface area (Å²) in [5, 5.41) is 0. The van der Waals surface area contributed by atoms with Crippen LogP contribution in [-0.4, -0.2) is 36.0 Å². The number of carbonyl (C=O) groups is 2. The average molecular weight is 211 g/mol. The van der Waals surface area contributed by atoms with Gasteiger partial charge < -0.3 is 4.74 Å². The zero-order chi connectivity index (χ0) is 11.0. The highest BCUT2D eigenvalue weighted by Gasteiger charge is 2.51. The number of carbonyl (C=O) groups excluding carboxylic acids is 2. The van der Waals surface area contributed by atoms with Gasteiger partial charge in [-0.2, -0.15) is 0 Å². The van der Waals surface area contributed by atoms with Gasteiger partial charge in [-0.25, -0.2) is 4.79 Å². The third kappa shape index (κ3) is 1.43. The molecule has 0 aromatic carbocycles. The van der Waals surface area contributed by atoms with Crippen LogP contribution in [-0.2, 0) is 9.53 Å². The van der Waals surface area contributed by atoms with Crippen LogP contribution in [0.5, 0.6) is 0 Å². The minimum Gasteiger partial charge on any atom is -0.453 e. The van der Waals surface area contributed by atoms with Crippen molar-refractivity contribution in [3.63, 3.8) is 0 Å². The van der Waals surface area contributed by atoms with Crippen LogP contribution in [0.3, 0.4) is 0 Å². The monoisotopic (exact) mass is 211 g/mol. The van der Waals surface area contributed by atoms with E-state index in [1.807, 2.05) is 6.92 Å². The first-order valence-corrected chi connectivity index (χ1v) is 5.60. The maximum absolute atomic E-state index is 12.0. The molecule has 1 saturated carbocycles. The average Bonchev–Trinajstić information content (AvgIpc) is 2.79. The van der Waals surface area contributed by atoms with Gasteiger partial charge in [-0.1, -0.05) is 13.3 Å². The Hall–Kier alpha value is -1.06. The van der Waals surface area contributed by atoms with E-state index in [1.165, 1.54) is 7.11 Å². The predicted octanol–water partition coefficient (Wildman–Crippen LogP) is 1.58. The van der Waals surface area contributed by atoms with E-state index in [1.54, 1.807) is 4.90 Å². The van der Waals surface area contributed by atoms with E-state index in [-0.39, 0.29) is 29.9 Å². The molecule has 1 aliphatic heterocycles. The second-order valence-electron chi connectivity index (χ2n) is 4.31. The molecule has 0 spiro atoms. The number of Topliss-reactive ketones (excluding diaryl/α,β-unsaturated/α-hetero) is 1. The smallest absolute Gasteiger partial charge is 0.410 e. The quantitative estimate of drug-likeness (QED) is 0.661. The first-order valence-electron chi connectivity index (χ1n) is 5.60. The van der Waals surface area contributed by atoms with Crippen molar-refractivity contribution in [2.24, 2.45) is 5.92 Å². The van der Waals surface area contributed by atoms with Gasteiger partial charge in [-0.05, 0) is 19.3 Å². The van der Waals surface area contributed by atoms with Gasteiger partial charge in [-0.15, -0.1) is 0 Å². The van der Waals surface area contributed by atoms with E-state index < -0.39 is 0 Å². The number of rotatable bonds is 1. The zero-order valence-corrected chi connectivity index (χ0v) is 9.23. The normalized spacial score (nSPS) is 34.4. The summed E-state index contributed by atoms with van der Waals surface area (Å²) in [5.74, 6) is 0.319. The molecule has 0 N–H and O–H groups in total. The van der Waals surface area contributed by atoms with Crippen LogP contribution in [0.1, 0.15) is 32.6 Å². The number of ether oxygens (including phenoxy) is 1. The second kappa shape index (κ2) is 3.83. The maximum Gasteiger partial charge on any atom is 0.410 e. The van der Waals surface area contributed by atoms with Crippen LogP contribution >= 0.6 is 0 Å². The molecule has 1 saturated heterocycles. The van der Waals surface area contributed by atoms with Crippen LogP contribution in [0.2, 0.25) is 0 Å². The molecule has 1 heterocycles. The molecule has 4 heteroatoms. The number of hydrogen-bond acceptors (Lipinski definition) is 3.